The largest absolute Gasteiger partial charge is 0.493 e. The van der Waals surface area contributed by atoms with Gasteiger partial charge < -0.3 is 25.3 Å². The summed E-state index contributed by atoms with van der Waals surface area (Å²) in [7, 11) is 0. The number of H-pyrrole nitrogens is 1. The van der Waals surface area contributed by atoms with E-state index >= 15 is 0 Å². The zero-order chi connectivity index (χ0) is 24.9. The Kier molecular flexibility index (Phi) is 6.10. The van der Waals surface area contributed by atoms with Crippen molar-refractivity contribution in [3.63, 3.8) is 0 Å². The van der Waals surface area contributed by atoms with Crippen LogP contribution in [-0.2, 0) is 11.8 Å². The lowest BCUT2D eigenvalue weighted by Crippen LogP contribution is -2.53. The van der Waals surface area contributed by atoms with E-state index in [1.165, 1.54) is 24.3 Å². The van der Waals surface area contributed by atoms with Crippen LogP contribution in [0.3, 0.4) is 0 Å². The van der Waals surface area contributed by atoms with Gasteiger partial charge in [-0.15, -0.1) is 0 Å². The van der Waals surface area contributed by atoms with Crippen molar-refractivity contribution >= 4 is 38.6 Å². The summed E-state index contributed by atoms with van der Waals surface area (Å²) in [6.45, 7) is 2.98. The number of anilines is 1. The Labute approximate surface area is 202 Å². The monoisotopic (exact) mass is 540 g/mol. The Balaban J connectivity index is 1.60. The van der Waals surface area contributed by atoms with Gasteiger partial charge in [-0.3, -0.25) is 0 Å². The van der Waals surface area contributed by atoms with Gasteiger partial charge in [0.05, 0.1) is 18.7 Å². The van der Waals surface area contributed by atoms with Crippen LogP contribution in [0.25, 0.3) is 10.9 Å². The lowest BCUT2D eigenvalue weighted by Gasteiger charge is -2.38. The summed E-state index contributed by atoms with van der Waals surface area (Å²) in [4.78, 5) is 14.1. The van der Waals surface area contributed by atoms with E-state index in [0.29, 0.717) is 35.2 Å². The molecule has 182 valence electrons. The van der Waals surface area contributed by atoms with Crippen molar-refractivity contribution in [1.29, 1.82) is 0 Å². The third kappa shape index (κ3) is 4.61. The summed E-state index contributed by atoms with van der Waals surface area (Å²) in [5.74, 6) is -0.283. The van der Waals surface area contributed by atoms with Crippen molar-refractivity contribution in [2.75, 3.05) is 18.5 Å². The second kappa shape index (κ2) is 8.49. The fourth-order valence-electron chi connectivity index (χ4n) is 4.46. The van der Waals surface area contributed by atoms with Gasteiger partial charge in [0.1, 0.15) is 11.6 Å². The lowest BCUT2D eigenvalue weighted by molar-refractivity contribution is -0.260. The van der Waals surface area contributed by atoms with Gasteiger partial charge in [-0.1, -0.05) is 29.8 Å². The first kappa shape index (κ1) is 24.4. The highest BCUT2D eigenvalue weighted by Gasteiger charge is 2.56. The molecule has 1 aliphatic rings. The first-order chi connectivity index (χ1) is 15.8. The molecule has 0 saturated carbocycles. The minimum atomic E-state index is -4.91. The van der Waals surface area contributed by atoms with E-state index in [4.69, 9.17) is 9.84 Å². The van der Waals surface area contributed by atoms with Gasteiger partial charge in [-0.2, -0.15) is 13.2 Å². The first-order valence-electron chi connectivity index (χ1n) is 10.6. The molecule has 0 amide bonds. The maximum Gasteiger partial charge on any atom is 0.418 e. The predicted molar refractivity (Wildman–Crippen MR) is 126 cm³/mol. The highest BCUT2D eigenvalue weighted by Crippen LogP contribution is 2.46. The number of hydrogen-bond acceptors (Lipinski definition) is 4. The number of benzene rings is 2. The molecule has 0 aliphatic carbocycles. The van der Waals surface area contributed by atoms with Gasteiger partial charge in [0, 0.05) is 27.4 Å². The highest BCUT2D eigenvalue weighted by atomic mass is 79.9. The number of rotatable bonds is 7. The van der Waals surface area contributed by atoms with Gasteiger partial charge in [0.15, 0.2) is 5.60 Å². The fraction of sp³-hybridized carbons (Fsp3) is 0.375. The number of ether oxygens (including phenoxy) is 1. The molecule has 2 aromatic carbocycles. The number of fused-ring (bicyclic) bond motifs is 2. The SMILES string of the molecule is CC(C)(CC(O)(CNc1cc2cc(C(=O)O)ccc2[nH]1)C(F)(F)F)c1cc(Br)cc2c1OCC2. The number of hydrogen-bond donors (Lipinski definition) is 4. The average Bonchev–Trinajstić information content (AvgIpc) is 3.36. The number of aromatic nitrogens is 1. The van der Waals surface area contributed by atoms with Crippen LogP contribution in [-0.4, -0.2) is 46.1 Å². The van der Waals surface area contributed by atoms with Crippen molar-refractivity contribution in [2.24, 2.45) is 0 Å². The molecular weight excluding hydrogens is 517 g/mol. The van der Waals surface area contributed by atoms with Crippen molar-refractivity contribution in [3.8, 4) is 5.75 Å². The number of alkyl halides is 3. The zero-order valence-corrected chi connectivity index (χ0v) is 20.1. The van der Waals surface area contributed by atoms with Gasteiger partial charge in [-0.25, -0.2) is 4.79 Å². The van der Waals surface area contributed by atoms with E-state index in [1.807, 2.05) is 6.07 Å². The number of nitrogens with one attached hydrogen (secondary N) is 2. The Bertz CT molecular complexity index is 1250. The average molecular weight is 541 g/mol. The Morgan fingerprint density at radius 3 is 2.62 bits per heavy atom. The van der Waals surface area contributed by atoms with Gasteiger partial charge in [0.2, 0.25) is 0 Å². The molecule has 1 aromatic heterocycles. The molecule has 0 spiro atoms. The molecule has 1 unspecified atom stereocenters. The third-order valence-electron chi connectivity index (χ3n) is 6.18. The second-order valence-corrected chi connectivity index (χ2v) is 10.2. The summed E-state index contributed by atoms with van der Waals surface area (Å²) < 4.78 is 48.9. The van der Waals surface area contributed by atoms with Crippen molar-refractivity contribution in [2.45, 2.75) is 43.9 Å². The van der Waals surface area contributed by atoms with Crippen molar-refractivity contribution in [3.05, 3.63) is 57.6 Å². The van der Waals surface area contributed by atoms with E-state index in [1.54, 1.807) is 19.9 Å². The lowest BCUT2D eigenvalue weighted by atomic mass is 9.74. The Hall–Kier alpha value is -2.72. The molecule has 6 nitrogen and oxygen atoms in total. The maximum absolute atomic E-state index is 14.1. The highest BCUT2D eigenvalue weighted by molar-refractivity contribution is 9.10. The molecule has 0 bridgehead atoms. The number of aromatic carboxylic acids is 1. The van der Waals surface area contributed by atoms with E-state index in [9.17, 15) is 23.1 Å². The Morgan fingerprint density at radius 1 is 1.21 bits per heavy atom. The minimum Gasteiger partial charge on any atom is -0.493 e. The number of carboxylic acid groups (broad SMARTS) is 1. The van der Waals surface area contributed by atoms with E-state index in [-0.39, 0.29) is 11.4 Å². The number of aromatic amines is 1. The van der Waals surface area contributed by atoms with E-state index < -0.39 is 36.1 Å². The van der Waals surface area contributed by atoms with E-state index in [2.05, 4.69) is 26.2 Å². The molecule has 10 heteroatoms. The van der Waals surface area contributed by atoms with Gasteiger partial charge in [0.25, 0.3) is 0 Å². The third-order valence-corrected chi connectivity index (χ3v) is 6.64. The van der Waals surface area contributed by atoms with Crippen LogP contribution in [0.5, 0.6) is 5.75 Å². The molecule has 3 aromatic rings. The summed E-state index contributed by atoms with van der Waals surface area (Å²) >= 11 is 3.43. The molecular formula is C24H24BrF3N2O4. The normalized spacial score (nSPS) is 15.6. The predicted octanol–water partition coefficient (Wildman–Crippen LogP) is 5.64. The van der Waals surface area contributed by atoms with Crippen molar-refractivity contribution in [1.82, 2.24) is 4.98 Å². The molecule has 34 heavy (non-hydrogen) atoms. The molecule has 0 fully saturated rings. The smallest absolute Gasteiger partial charge is 0.418 e. The molecule has 4 N–H and O–H groups in total. The molecule has 1 atom stereocenters. The summed E-state index contributed by atoms with van der Waals surface area (Å²) in [5, 5.41) is 23.2. The van der Waals surface area contributed by atoms with Crippen LogP contribution >= 0.6 is 15.9 Å². The Morgan fingerprint density at radius 2 is 1.94 bits per heavy atom. The first-order valence-corrected chi connectivity index (χ1v) is 11.4. The fourth-order valence-corrected chi connectivity index (χ4v) is 4.97. The topological polar surface area (TPSA) is 94.6 Å². The molecule has 0 saturated heterocycles. The van der Waals surface area contributed by atoms with Crippen LogP contribution in [0.1, 0.15) is 41.8 Å². The van der Waals surface area contributed by atoms with Crippen LogP contribution in [0.4, 0.5) is 19.0 Å². The molecule has 1 aliphatic heterocycles. The van der Waals surface area contributed by atoms with Crippen LogP contribution in [0.2, 0.25) is 0 Å². The summed E-state index contributed by atoms with van der Waals surface area (Å²) in [5.41, 5.74) is -1.97. The summed E-state index contributed by atoms with van der Waals surface area (Å²) in [6.07, 6.45) is -4.84. The minimum absolute atomic E-state index is 0.0652. The molecule has 0 radical (unpaired) electrons. The van der Waals surface area contributed by atoms with Crippen LogP contribution in [0, 0.1) is 0 Å². The van der Waals surface area contributed by atoms with Crippen LogP contribution < -0.4 is 10.1 Å². The van der Waals surface area contributed by atoms with Gasteiger partial charge >= 0.3 is 12.1 Å². The summed E-state index contributed by atoms with van der Waals surface area (Å²) in [6, 6.07) is 9.51. The standard InChI is InChI=1S/C24H24BrF3N2O4/c1-22(2,17-10-16(25)8-13-5-6-34-20(13)17)11-23(33,24(26,27)28)12-29-19-9-15-7-14(21(31)32)3-4-18(15)30-19/h3-4,7-10,29-30,33H,5-6,11-12H2,1-2H3,(H,31,32). The molecule has 2 heterocycles. The van der Waals surface area contributed by atoms with Crippen LogP contribution in [0.15, 0.2) is 40.9 Å². The number of halogens is 4. The van der Waals surface area contributed by atoms with Gasteiger partial charge in [-0.05, 0) is 53.8 Å². The second-order valence-electron chi connectivity index (χ2n) is 9.27. The number of carboxylic acids is 1. The number of carbonyl (C=O) groups is 1. The number of aliphatic hydroxyl groups is 1. The quantitative estimate of drug-likeness (QED) is 0.311. The van der Waals surface area contributed by atoms with Crippen molar-refractivity contribution < 1.29 is 32.9 Å². The van der Waals surface area contributed by atoms with E-state index in [0.717, 1.165) is 10.0 Å². The molecule has 4 rings (SSSR count). The zero-order valence-electron chi connectivity index (χ0n) is 18.5. The maximum atomic E-state index is 14.1.